The van der Waals surface area contributed by atoms with Gasteiger partial charge in [0.1, 0.15) is 0 Å². The van der Waals surface area contributed by atoms with Crippen molar-refractivity contribution in [1.82, 2.24) is 4.90 Å². The minimum atomic E-state index is 0.276. The van der Waals surface area contributed by atoms with Crippen molar-refractivity contribution in [2.75, 3.05) is 13.1 Å². The molecule has 3 aliphatic rings. The molecule has 0 aromatic carbocycles. The van der Waals surface area contributed by atoms with Gasteiger partial charge in [0.05, 0.1) is 0 Å². The quantitative estimate of drug-likeness (QED) is 0.776. The van der Waals surface area contributed by atoms with Crippen molar-refractivity contribution in [1.29, 1.82) is 0 Å². The lowest BCUT2D eigenvalue weighted by molar-refractivity contribution is -0.140. The molecule has 3 nitrogen and oxygen atoms in total. The Labute approximate surface area is 109 Å². The van der Waals surface area contributed by atoms with Crippen molar-refractivity contribution in [2.24, 2.45) is 23.5 Å². The van der Waals surface area contributed by atoms with Crippen LogP contribution in [0.25, 0.3) is 0 Å². The molecule has 4 atom stereocenters. The Balaban J connectivity index is 1.68. The zero-order valence-electron chi connectivity index (χ0n) is 11.1. The number of likely N-dealkylation sites (tertiary alicyclic amines) is 1. The number of piperidine rings is 1. The fourth-order valence-electron chi connectivity index (χ4n) is 4.06. The van der Waals surface area contributed by atoms with Gasteiger partial charge in [0, 0.05) is 18.5 Å². The van der Waals surface area contributed by atoms with Gasteiger partial charge in [0.15, 0.2) is 0 Å². The molecule has 0 spiro atoms. The van der Waals surface area contributed by atoms with E-state index < -0.39 is 0 Å². The molecule has 100 valence electrons. The first-order valence-electron chi connectivity index (χ1n) is 7.48. The number of nitrogens with two attached hydrogens (primary N) is 1. The maximum Gasteiger partial charge on any atom is 0.226 e. The van der Waals surface area contributed by atoms with Gasteiger partial charge in [-0.15, -0.1) is 0 Å². The van der Waals surface area contributed by atoms with E-state index in [2.05, 4.69) is 17.1 Å². The lowest BCUT2D eigenvalue weighted by Gasteiger charge is -2.38. The van der Waals surface area contributed by atoms with Crippen LogP contribution in [-0.2, 0) is 4.79 Å². The second kappa shape index (κ2) is 5.04. The molecule has 2 N–H and O–H groups in total. The summed E-state index contributed by atoms with van der Waals surface area (Å²) in [6.07, 6.45) is 11.4. The van der Waals surface area contributed by atoms with E-state index in [1.807, 2.05) is 0 Å². The molecule has 3 heteroatoms. The molecule has 2 aliphatic carbocycles. The van der Waals surface area contributed by atoms with E-state index in [1.54, 1.807) is 0 Å². The number of hydrogen-bond donors (Lipinski definition) is 1. The highest BCUT2D eigenvalue weighted by Gasteiger charge is 2.42. The van der Waals surface area contributed by atoms with Gasteiger partial charge < -0.3 is 10.6 Å². The summed E-state index contributed by atoms with van der Waals surface area (Å²) in [5.41, 5.74) is 5.69. The van der Waals surface area contributed by atoms with E-state index in [1.165, 1.54) is 19.3 Å². The predicted molar refractivity (Wildman–Crippen MR) is 71.9 cm³/mol. The first-order valence-corrected chi connectivity index (χ1v) is 7.48. The van der Waals surface area contributed by atoms with E-state index in [9.17, 15) is 4.79 Å². The van der Waals surface area contributed by atoms with Gasteiger partial charge in [0.2, 0.25) is 5.91 Å². The standard InChI is InChI=1S/C15H24N2O/c16-7-6-13-3-1-2-8-17(13)15(18)14-10-11-4-5-12(14)9-11/h4-5,11-14H,1-3,6-10,16H2. The average Bonchev–Trinajstić information content (AvgIpc) is 3.01. The topological polar surface area (TPSA) is 46.3 Å². The normalized spacial score (nSPS) is 38.4. The monoisotopic (exact) mass is 248 g/mol. The number of carbonyl (C=O) groups is 1. The third-order valence-corrected chi connectivity index (χ3v) is 5.01. The van der Waals surface area contributed by atoms with Gasteiger partial charge in [-0.3, -0.25) is 4.79 Å². The molecule has 4 unspecified atom stereocenters. The summed E-state index contributed by atoms with van der Waals surface area (Å²) >= 11 is 0. The Kier molecular flexibility index (Phi) is 3.42. The van der Waals surface area contributed by atoms with E-state index in [0.717, 1.165) is 25.8 Å². The molecule has 1 saturated carbocycles. The van der Waals surface area contributed by atoms with Gasteiger partial charge in [-0.2, -0.15) is 0 Å². The Bertz CT molecular complexity index is 350. The molecule has 0 aromatic heterocycles. The highest BCUT2D eigenvalue weighted by atomic mass is 16.2. The maximum atomic E-state index is 12.7. The molecular formula is C15H24N2O. The van der Waals surface area contributed by atoms with Crippen molar-refractivity contribution in [3.05, 3.63) is 12.2 Å². The van der Waals surface area contributed by atoms with Crippen LogP contribution in [0.4, 0.5) is 0 Å². The highest BCUT2D eigenvalue weighted by Crippen LogP contribution is 2.44. The van der Waals surface area contributed by atoms with Crippen LogP contribution in [-0.4, -0.2) is 29.9 Å². The number of nitrogens with zero attached hydrogens (tertiary/aromatic N) is 1. The van der Waals surface area contributed by atoms with Gasteiger partial charge in [-0.05, 0) is 56.9 Å². The van der Waals surface area contributed by atoms with Crippen LogP contribution in [0.15, 0.2) is 12.2 Å². The summed E-state index contributed by atoms with van der Waals surface area (Å²) in [5.74, 6) is 1.91. The van der Waals surface area contributed by atoms with Crippen LogP contribution in [0.2, 0.25) is 0 Å². The largest absolute Gasteiger partial charge is 0.339 e. The summed E-state index contributed by atoms with van der Waals surface area (Å²) in [7, 11) is 0. The van der Waals surface area contributed by atoms with Crippen molar-refractivity contribution < 1.29 is 4.79 Å². The van der Waals surface area contributed by atoms with Crippen LogP contribution in [0.1, 0.15) is 38.5 Å². The second-order valence-electron chi connectivity index (χ2n) is 6.15. The SMILES string of the molecule is NCCC1CCCCN1C(=O)C1CC2C=CC1C2. The van der Waals surface area contributed by atoms with Crippen LogP contribution in [0.3, 0.4) is 0 Å². The first kappa shape index (κ1) is 12.2. The second-order valence-corrected chi connectivity index (χ2v) is 6.15. The fourth-order valence-corrected chi connectivity index (χ4v) is 4.06. The number of allylic oxidation sites excluding steroid dienone is 2. The van der Waals surface area contributed by atoms with Gasteiger partial charge in [-0.1, -0.05) is 12.2 Å². The Morgan fingerprint density at radius 1 is 1.28 bits per heavy atom. The zero-order chi connectivity index (χ0) is 12.5. The van der Waals surface area contributed by atoms with E-state index in [-0.39, 0.29) is 5.92 Å². The molecule has 1 saturated heterocycles. The van der Waals surface area contributed by atoms with Gasteiger partial charge >= 0.3 is 0 Å². The van der Waals surface area contributed by atoms with E-state index in [0.29, 0.717) is 30.3 Å². The molecule has 0 radical (unpaired) electrons. The van der Waals surface area contributed by atoms with Crippen LogP contribution >= 0.6 is 0 Å². The Morgan fingerprint density at radius 3 is 2.83 bits per heavy atom. The minimum absolute atomic E-state index is 0.276. The molecular weight excluding hydrogens is 224 g/mol. The summed E-state index contributed by atoms with van der Waals surface area (Å²) < 4.78 is 0. The van der Waals surface area contributed by atoms with Crippen molar-refractivity contribution in [3.63, 3.8) is 0 Å². The molecule has 1 heterocycles. The van der Waals surface area contributed by atoms with Crippen LogP contribution in [0, 0.1) is 17.8 Å². The molecule has 1 amide bonds. The smallest absolute Gasteiger partial charge is 0.226 e. The third kappa shape index (κ3) is 2.09. The van der Waals surface area contributed by atoms with E-state index in [4.69, 9.17) is 5.73 Å². The first-order chi connectivity index (χ1) is 8.79. The number of hydrogen-bond acceptors (Lipinski definition) is 2. The molecule has 3 rings (SSSR count). The molecule has 2 fully saturated rings. The molecule has 1 aliphatic heterocycles. The van der Waals surface area contributed by atoms with Crippen molar-refractivity contribution >= 4 is 5.91 Å². The summed E-state index contributed by atoms with van der Waals surface area (Å²) in [5, 5.41) is 0. The van der Waals surface area contributed by atoms with Crippen molar-refractivity contribution in [3.8, 4) is 0 Å². The number of amides is 1. The lowest BCUT2D eigenvalue weighted by Crippen LogP contribution is -2.47. The van der Waals surface area contributed by atoms with Crippen LogP contribution in [0.5, 0.6) is 0 Å². The van der Waals surface area contributed by atoms with Crippen LogP contribution < -0.4 is 5.73 Å². The van der Waals surface area contributed by atoms with Gasteiger partial charge in [-0.25, -0.2) is 0 Å². The lowest BCUT2D eigenvalue weighted by atomic mass is 9.89. The number of fused-ring (bicyclic) bond motifs is 2. The predicted octanol–water partition coefficient (Wildman–Crippen LogP) is 1.93. The third-order valence-electron chi connectivity index (χ3n) is 5.01. The zero-order valence-corrected chi connectivity index (χ0v) is 11.1. The average molecular weight is 248 g/mol. The Hall–Kier alpha value is -0.830. The minimum Gasteiger partial charge on any atom is -0.339 e. The van der Waals surface area contributed by atoms with Crippen molar-refractivity contribution in [2.45, 2.75) is 44.6 Å². The van der Waals surface area contributed by atoms with E-state index >= 15 is 0 Å². The summed E-state index contributed by atoms with van der Waals surface area (Å²) in [6, 6.07) is 0.416. The summed E-state index contributed by atoms with van der Waals surface area (Å²) in [6.45, 7) is 1.66. The molecule has 18 heavy (non-hydrogen) atoms. The number of rotatable bonds is 3. The molecule has 0 aromatic rings. The fraction of sp³-hybridized carbons (Fsp3) is 0.800. The Morgan fingerprint density at radius 2 is 2.17 bits per heavy atom. The molecule has 2 bridgehead atoms. The maximum absolute atomic E-state index is 12.7. The van der Waals surface area contributed by atoms with Gasteiger partial charge in [0.25, 0.3) is 0 Å². The highest BCUT2D eigenvalue weighted by molar-refractivity contribution is 5.80. The summed E-state index contributed by atoms with van der Waals surface area (Å²) in [4.78, 5) is 14.9. The number of carbonyl (C=O) groups excluding carboxylic acids is 1.